The maximum absolute atomic E-state index is 11.6. The molecule has 0 fully saturated rings. The van der Waals surface area contributed by atoms with Crippen molar-refractivity contribution in [2.45, 2.75) is 0 Å². The van der Waals surface area contributed by atoms with Crippen LogP contribution in [0.2, 0.25) is 0 Å². The number of nitrogens with one attached hydrogen (secondary N) is 3. The highest BCUT2D eigenvalue weighted by atomic mass is 16.2. The van der Waals surface area contributed by atoms with Crippen LogP contribution in [0.5, 0.6) is 0 Å². The number of carbonyl (C=O) groups excluding carboxylic acids is 3. The van der Waals surface area contributed by atoms with Gasteiger partial charge in [-0.1, -0.05) is 18.2 Å². The van der Waals surface area contributed by atoms with Gasteiger partial charge in [-0.2, -0.15) is 0 Å². The molecule has 0 spiro atoms. The predicted molar refractivity (Wildman–Crippen MR) is 64.1 cm³/mol. The molecule has 1 aromatic rings. The molecular weight excluding hydrogens is 236 g/mol. The van der Waals surface area contributed by atoms with Crippen LogP contribution in [0.3, 0.4) is 0 Å². The first kappa shape index (κ1) is 13.7. The predicted octanol–water partition coefficient (Wildman–Crippen LogP) is -1.48. The molecule has 0 unspecified atom stereocenters. The molecule has 96 valence electrons. The largest absolute Gasteiger partial charge is 0.345 e. The molecule has 0 aromatic heterocycles. The molecule has 1 rings (SSSR count). The van der Waals surface area contributed by atoms with E-state index in [-0.39, 0.29) is 19.0 Å². The Labute approximate surface area is 104 Å². The molecule has 0 saturated heterocycles. The van der Waals surface area contributed by atoms with Crippen molar-refractivity contribution in [3.8, 4) is 0 Å². The van der Waals surface area contributed by atoms with E-state index in [0.29, 0.717) is 5.56 Å². The van der Waals surface area contributed by atoms with Crippen molar-refractivity contribution in [2.75, 3.05) is 13.1 Å². The van der Waals surface area contributed by atoms with Gasteiger partial charge in [0.2, 0.25) is 5.91 Å². The Bertz CT molecular complexity index is 433. The molecule has 0 saturated carbocycles. The van der Waals surface area contributed by atoms with E-state index in [1.54, 1.807) is 30.3 Å². The highest BCUT2D eigenvalue weighted by Crippen LogP contribution is 1.96. The second-order valence-electron chi connectivity index (χ2n) is 3.39. The molecule has 0 heterocycles. The molecule has 0 aliphatic carbocycles. The number of nitrogens with two attached hydrogens (primary N) is 1. The summed E-state index contributed by atoms with van der Waals surface area (Å²) in [5.74, 6) is 3.50. The second kappa shape index (κ2) is 7.02. The van der Waals surface area contributed by atoms with Crippen LogP contribution in [-0.4, -0.2) is 30.8 Å². The van der Waals surface area contributed by atoms with Gasteiger partial charge in [0, 0.05) is 5.56 Å². The van der Waals surface area contributed by atoms with Crippen molar-refractivity contribution in [3.63, 3.8) is 0 Å². The smallest absolute Gasteiger partial charge is 0.253 e. The zero-order chi connectivity index (χ0) is 13.4. The first-order valence-electron chi connectivity index (χ1n) is 5.23. The van der Waals surface area contributed by atoms with Crippen molar-refractivity contribution >= 4 is 17.7 Å². The molecule has 1 aromatic carbocycles. The van der Waals surface area contributed by atoms with Gasteiger partial charge < -0.3 is 10.6 Å². The molecule has 7 nitrogen and oxygen atoms in total. The van der Waals surface area contributed by atoms with Crippen molar-refractivity contribution in [3.05, 3.63) is 35.9 Å². The normalized spacial score (nSPS) is 9.39. The van der Waals surface area contributed by atoms with Crippen LogP contribution in [0.25, 0.3) is 0 Å². The van der Waals surface area contributed by atoms with E-state index in [2.05, 4.69) is 10.6 Å². The fraction of sp³-hybridized carbons (Fsp3) is 0.182. The van der Waals surface area contributed by atoms with Gasteiger partial charge in [-0.3, -0.25) is 19.8 Å². The Morgan fingerprint density at radius 3 is 2.17 bits per heavy atom. The van der Waals surface area contributed by atoms with Crippen LogP contribution in [0, 0.1) is 0 Å². The number of amides is 3. The Kier molecular flexibility index (Phi) is 5.33. The Morgan fingerprint density at radius 1 is 0.944 bits per heavy atom. The van der Waals surface area contributed by atoms with Gasteiger partial charge in [-0.15, -0.1) is 0 Å². The third-order valence-electron chi connectivity index (χ3n) is 2.05. The van der Waals surface area contributed by atoms with Crippen molar-refractivity contribution in [1.29, 1.82) is 0 Å². The van der Waals surface area contributed by atoms with Gasteiger partial charge in [0.25, 0.3) is 11.8 Å². The Balaban J connectivity index is 2.31. The lowest BCUT2D eigenvalue weighted by Crippen LogP contribution is -2.43. The third-order valence-corrected chi connectivity index (χ3v) is 2.05. The Morgan fingerprint density at radius 2 is 1.56 bits per heavy atom. The van der Waals surface area contributed by atoms with Gasteiger partial charge in [-0.05, 0) is 12.1 Å². The van der Waals surface area contributed by atoms with Crippen LogP contribution in [-0.2, 0) is 9.59 Å². The number of hydrogen-bond donors (Lipinski definition) is 4. The summed E-state index contributed by atoms with van der Waals surface area (Å²) in [6.07, 6.45) is 0. The van der Waals surface area contributed by atoms with E-state index < -0.39 is 11.8 Å². The van der Waals surface area contributed by atoms with Crippen LogP contribution in [0.4, 0.5) is 0 Å². The number of carbonyl (C=O) groups is 3. The monoisotopic (exact) mass is 250 g/mol. The molecule has 3 amide bonds. The van der Waals surface area contributed by atoms with Crippen molar-refractivity contribution in [1.82, 2.24) is 16.1 Å². The van der Waals surface area contributed by atoms with Gasteiger partial charge in [0.05, 0.1) is 13.1 Å². The van der Waals surface area contributed by atoms with E-state index in [9.17, 15) is 14.4 Å². The van der Waals surface area contributed by atoms with E-state index in [1.807, 2.05) is 5.43 Å². The summed E-state index contributed by atoms with van der Waals surface area (Å²) in [5, 5.41) is 4.72. The average Bonchev–Trinajstić information content (AvgIpc) is 2.42. The molecule has 5 N–H and O–H groups in total. The number of hydrazine groups is 1. The summed E-state index contributed by atoms with van der Waals surface area (Å²) >= 11 is 0. The number of benzene rings is 1. The molecule has 0 radical (unpaired) electrons. The maximum Gasteiger partial charge on any atom is 0.253 e. The van der Waals surface area contributed by atoms with Crippen LogP contribution >= 0.6 is 0 Å². The summed E-state index contributed by atoms with van der Waals surface area (Å²) < 4.78 is 0. The van der Waals surface area contributed by atoms with Gasteiger partial charge in [0.15, 0.2) is 0 Å². The zero-order valence-electron chi connectivity index (χ0n) is 9.60. The molecule has 7 heteroatoms. The molecule has 0 atom stereocenters. The molecule has 0 aliphatic rings. The number of hydrogen-bond acceptors (Lipinski definition) is 4. The summed E-state index contributed by atoms with van der Waals surface area (Å²) in [6, 6.07) is 8.50. The molecular formula is C11H14N4O3. The lowest BCUT2D eigenvalue weighted by molar-refractivity contribution is -0.125. The second-order valence-corrected chi connectivity index (χ2v) is 3.39. The molecule has 18 heavy (non-hydrogen) atoms. The minimum atomic E-state index is -0.516. The average molecular weight is 250 g/mol. The third kappa shape index (κ3) is 4.62. The Hall–Kier alpha value is -2.41. The van der Waals surface area contributed by atoms with Crippen LogP contribution < -0.4 is 21.9 Å². The van der Waals surface area contributed by atoms with Crippen molar-refractivity contribution < 1.29 is 14.4 Å². The first-order chi connectivity index (χ1) is 8.63. The lowest BCUT2D eigenvalue weighted by Gasteiger charge is -2.06. The topological polar surface area (TPSA) is 113 Å². The van der Waals surface area contributed by atoms with Gasteiger partial charge >= 0.3 is 0 Å². The van der Waals surface area contributed by atoms with Crippen LogP contribution in [0.15, 0.2) is 30.3 Å². The fourth-order valence-electron chi connectivity index (χ4n) is 1.14. The molecule has 0 aliphatic heterocycles. The quantitative estimate of drug-likeness (QED) is 0.290. The summed E-state index contributed by atoms with van der Waals surface area (Å²) in [7, 11) is 0. The van der Waals surface area contributed by atoms with E-state index >= 15 is 0 Å². The molecule has 0 bridgehead atoms. The minimum Gasteiger partial charge on any atom is -0.345 e. The lowest BCUT2D eigenvalue weighted by atomic mass is 10.2. The fourth-order valence-corrected chi connectivity index (χ4v) is 1.14. The standard InChI is InChI=1S/C11H14N4O3/c12-15-10(17)7-13-9(16)6-14-11(18)8-4-2-1-3-5-8/h1-5H,6-7,12H2,(H,13,16)(H,14,18)(H,15,17). The number of rotatable bonds is 5. The SMILES string of the molecule is NNC(=O)CNC(=O)CNC(=O)c1ccccc1. The first-order valence-corrected chi connectivity index (χ1v) is 5.23. The highest BCUT2D eigenvalue weighted by Gasteiger charge is 2.08. The van der Waals surface area contributed by atoms with E-state index in [1.165, 1.54) is 0 Å². The van der Waals surface area contributed by atoms with Crippen molar-refractivity contribution in [2.24, 2.45) is 5.84 Å². The summed E-state index contributed by atoms with van der Waals surface area (Å²) in [5.41, 5.74) is 2.33. The summed E-state index contributed by atoms with van der Waals surface area (Å²) in [4.78, 5) is 33.5. The van der Waals surface area contributed by atoms with E-state index in [4.69, 9.17) is 5.84 Å². The summed E-state index contributed by atoms with van der Waals surface area (Å²) in [6.45, 7) is -0.428. The minimum absolute atomic E-state index is 0.203. The zero-order valence-corrected chi connectivity index (χ0v) is 9.60. The van der Waals surface area contributed by atoms with Crippen LogP contribution in [0.1, 0.15) is 10.4 Å². The maximum atomic E-state index is 11.6. The van der Waals surface area contributed by atoms with E-state index in [0.717, 1.165) is 0 Å². The highest BCUT2D eigenvalue weighted by molar-refractivity contribution is 5.96. The van der Waals surface area contributed by atoms with Gasteiger partial charge in [-0.25, -0.2) is 5.84 Å². The van der Waals surface area contributed by atoms with Gasteiger partial charge in [0.1, 0.15) is 0 Å².